The number of aromatic nitrogens is 1. The SMILES string of the molecule is O=C(N/N=C\c1ccc(Oc2ccc([N+](=O)[O-])cn2)cc1)c1cc2cc(Br)cc(I)c2o1. The Morgan fingerprint density at radius 2 is 2.00 bits per heavy atom. The molecule has 2 aromatic heterocycles. The highest BCUT2D eigenvalue weighted by Gasteiger charge is 2.14. The zero-order valence-electron chi connectivity index (χ0n) is 16.0. The fourth-order valence-corrected chi connectivity index (χ4v) is 4.35. The second-order valence-corrected chi connectivity index (χ2v) is 8.48. The quantitative estimate of drug-likeness (QED) is 0.131. The maximum atomic E-state index is 12.3. The summed E-state index contributed by atoms with van der Waals surface area (Å²) in [6.45, 7) is 0. The van der Waals surface area contributed by atoms with Crippen LogP contribution in [0.3, 0.4) is 0 Å². The van der Waals surface area contributed by atoms with E-state index in [1.165, 1.54) is 18.3 Å². The predicted molar refractivity (Wildman–Crippen MR) is 129 cm³/mol. The molecule has 0 saturated heterocycles. The third-order valence-corrected chi connectivity index (χ3v) is 5.43. The van der Waals surface area contributed by atoms with Crippen molar-refractivity contribution in [3.63, 3.8) is 0 Å². The predicted octanol–water partition coefficient (Wildman–Crippen LogP) is 5.66. The molecule has 32 heavy (non-hydrogen) atoms. The maximum Gasteiger partial charge on any atom is 0.307 e. The van der Waals surface area contributed by atoms with E-state index in [0.717, 1.165) is 25.2 Å². The lowest BCUT2D eigenvalue weighted by molar-refractivity contribution is -0.385. The van der Waals surface area contributed by atoms with Gasteiger partial charge in [0.1, 0.15) is 17.5 Å². The summed E-state index contributed by atoms with van der Waals surface area (Å²) in [5, 5.41) is 15.4. The molecule has 9 nitrogen and oxygen atoms in total. The Kier molecular flexibility index (Phi) is 6.46. The first kappa shape index (κ1) is 21.9. The Labute approximate surface area is 202 Å². The van der Waals surface area contributed by atoms with Gasteiger partial charge in [0.15, 0.2) is 5.76 Å². The first-order valence-electron chi connectivity index (χ1n) is 8.99. The second-order valence-electron chi connectivity index (χ2n) is 6.40. The van der Waals surface area contributed by atoms with E-state index in [-0.39, 0.29) is 17.3 Å². The number of carbonyl (C=O) groups is 1. The minimum Gasteiger partial charge on any atom is -0.450 e. The Morgan fingerprint density at radius 3 is 2.69 bits per heavy atom. The number of furan rings is 1. The van der Waals surface area contributed by atoms with Gasteiger partial charge in [-0.2, -0.15) is 5.10 Å². The van der Waals surface area contributed by atoms with Gasteiger partial charge in [-0.1, -0.05) is 15.9 Å². The van der Waals surface area contributed by atoms with Crippen LogP contribution in [0.25, 0.3) is 11.0 Å². The smallest absolute Gasteiger partial charge is 0.307 e. The van der Waals surface area contributed by atoms with Crippen molar-refractivity contribution in [3.05, 3.63) is 90.3 Å². The van der Waals surface area contributed by atoms with Crippen molar-refractivity contribution in [2.45, 2.75) is 0 Å². The monoisotopic (exact) mass is 606 g/mol. The molecule has 2 heterocycles. The van der Waals surface area contributed by atoms with E-state index < -0.39 is 10.8 Å². The molecule has 0 aliphatic carbocycles. The molecule has 0 unspecified atom stereocenters. The number of ether oxygens (including phenoxy) is 1. The van der Waals surface area contributed by atoms with E-state index >= 15 is 0 Å². The van der Waals surface area contributed by atoms with Gasteiger partial charge in [-0.3, -0.25) is 14.9 Å². The van der Waals surface area contributed by atoms with Gasteiger partial charge >= 0.3 is 5.91 Å². The van der Waals surface area contributed by atoms with Crippen LogP contribution in [0.2, 0.25) is 0 Å². The van der Waals surface area contributed by atoms with Crippen LogP contribution in [0, 0.1) is 13.7 Å². The lowest BCUT2D eigenvalue weighted by Crippen LogP contribution is -2.16. The number of halogens is 2. The molecular weight excluding hydrogens is 595 g/mol. The Hall–Kier alpha value is -3.32. The van der Waals surface area contributed by atoms with Crippen LogP contribution in [0.15, 0.2) is 74.8 Å². The summed E-state index contributed by atoms with van der Waals surface area (Å²) in [5.74, 6) is 0.425. The van der Waals surface area contributed by atoms with Crippen molar-refractivity contribution in [2.75, 3.05) is 0 Å². The van der Waals surface area contributed by atoms with Gasteiger partial charge in [-0.05, 0) is 70.6 Å². The zero-order chi connectivity index (χ0) is 22.7. The summed E-state index contributed by atoms with van der Waals surface area (Å²) >= 11 is 5.57. The van der Waals surface area contributed by atoms with Gasteiger partial charge in [0.05, 0.1) is 14.7 Å². The largest absolute Gasteiger partial charge is 0.450 e. The molecule has 0 radical (unpaired) electrons. The number of fused-ring (bicyclic) bond motifs is 1. The highest BCUT2D eigenvalue weighted by Crippen LogP contribution is 2.28. The topological polar surface area (TPSA) is 120 Å². The van der Waals surface area contributed by atoms with Crippen LogP contribution >= 0.6 is 38.5 Å². The first-order chi connectivity index (χ1) is 15.4. The number of nitrogens with one attached hydrogen (secondary N) is 1. The minimum absolute atomic E-state index is 0.115. The molecular formula is C21H12BrIN4O5. The molecule has 1 N–H and O–H groups in total. The van der Waals surface area contributed by atoms with Gasteiger partial charge in [-0.15, -0.1) is 0 Å². The highest BCUT2D eigenvalue weighted by atomic mass is 127. The molecule has 0 saturated carbocycles. The van der Waals surface area contributed by atoms with E-state index in [2.05, 4.69) is 54.0 Å². The van der Waals surface area contributed by atoms with Crippen molar-refractivity contribution < 1.29 is 18.9 Å². The van der Waals surface area contributed by atoms with E-state index in [1.54, 1.807) is 30.3 Å². The number of carbonyl (C=O) groups excluding carboxylic acids is 1. The van der Waals surface area contributed by atoms with Crippen LogP contribution in [0.1, 0.15) is 16.1 Å². The van der Waals surface area contributed by atoms with Crippen molar-refractivity contribution >= 4 is 67.3 Å². The highest BCUT2D eigenvalue weighted by molar-refractivity contribution is 14.1. The van der Waals surface area contributed by atoms with Crippen LogP contribution in [0.5, 0.6) is 11.6 Å². The number of amides is 1. The normalized spacial score (nSPS) is 11.1. The molecule has 0 atom stereocenters. The number of nitrogens with zero attached hydrogens (tertiary/aromatic N) is 3. The summed E-state index contributed by atoms with van der Waals surface area (Å²) in [6, 6.07) is 15.0. The van der Waals surface area contributed by atoms with E-state index in [9.17, 15) is 14.9 Å². The van der Waals surface area contributed by atoms with Gasteiger partial charge in [0, 0.05) is 22.0 Å². The summed E-state index contributed by atoms with van der Waals surface area (Å²) in [5.41, 5.74) is 3.68. The molecule has 160 valence electrons. The molecule has 1 amide bonds. The summed E-state index contributed by atoms with van der Waals surface area (Å²) in [7, 11) is 0. The third-order valence-electron chi connectivity index (χ3n) is 4.17. The van der Waals surface area contributed by atoms with Crippen LogP contribution in [-0.4, -0.2) is 22.0 Å². The summed E-state index contributed by atoms with van der Waals surface area (Å²) in [4.78, 5) is 26.3. The average molecular weight is 607 g/mol. The molecule has 2 aromatic carbocycles. The Bertz CT molecular complexity index is 1340. The standard InChI is InChI=1S/C21H12BrIN4O5/c22-14-7-13-8-18(32-20(13)17(23)9-14)21(28)26-25-10-12-1-4-16(5-2-12)31-19-6-3-15(11-24-19)27(29)30/h1-11H,(H,26,28)/b25-10-. The minimum atomic E-state index is -0.530. The van der Waals surface area contributed by atoms with Crippen LogP contribution < -0.4 is 10.2 Å². The molecule has 4 aromatic rings. The number of hydrogen-bond acceptors (Lipinski definition) is 7. The lowest BCUT2D eigenvalue weighted by atomic mass is 10.2. The van der Waals surface area contributed by atoms with Gasteiger partial charge in [0.2, 0.25) is 5.88 Å². The zero-order valence-corrected chi connectivity index (χ0v) is 19.7. The number of pyridine rings is 1. The van der Waals surface area contributed by atoms with E-state index in [0.29, 0.717) is 11.3 Å². The summed E-state index contributed by atoms with van der Waals surface area (Å²) in [6.07, 6.45) is 2.61. The molecule has 4 rings (SSSR count). The number of hydrazone groups is 1. The van der Waals surface area contributed by atoms with E-state index in [4.69, 9.17) is 9.15 Å². The van der Waals surface area contributed by atoms with Crippen LogP contribution in [0.4, 0.5) is 5.69 Å². The van der Waals surface area contributed by atoms with Crippen molar-refractivity contribution in [3.8, 4) is 11.6 Å². The number of benzene rings is 2. The fourth-order valence-electron chi connectivity index (χ4n) is 2.69. The maximum absolute atomic E-state index is 12.3. The molecule has 0 fully saturated rings. The van der Waals surface area contributed by atoms with Gasteiger partial charge < -0.3 is 9.15 Å². The third kappa shape index (κ3) is 5.11. The summed E-state index contributed by atoms with van der Waals surface area (Å²) < 4.78 is 13.0. The van der Waals surface area contributed by atoms with E-state index in [1.807, 2.05) is 12.1 Å². The van der Waals surface area contributed by atoms with Gasteiger partial charge in [0.25, 0.3) is 5.69 Å². The lowest BCUT2D eigenvalue weighted by Gasteiger charge is -2.04. The fraction of sp³-hybridized carbons (Fsp3) is 0. The molecule has 11 heteroatoms. The number of rotatable bonds is 6. The van der Waals surface area contributed by atoms with Crippen molar-refractivity contribution in [1.82, 2.24) is 10.4 Å². The van der Waals surface area contributed by atoms with Crippen molar-refractivity contribution in [2.24, 2.45) is 5.10 Å². The Balaban J connectivity index is 1.37. The molecule has 0 aliphatic rings. The van der Waals surface area contributed by atoms with Gasteiger partial charge in [-0.25, -0.2) is 10.4 Å². The molecule has 0 spiro atoms. The number of hydrogen-bond donors (Lipinski definition) is 1. The van der Waals surface area contributed by atoms with Crippen LogP contribution in [-0.2, 0) is 0 Å². The van der Waals surface area contributed by atoms with Crippen molar-refractivity contribution in [1.29, 1.82) is 0 Å². The first-order valence-corrected chi connectivity index (χ1v) is 10.9. The molecule has 0 aliphatic heterocycles. The molecule has 0 bridgehead atoms. The average Bonchev–Trinajstić information content (AvgIpc) is 3.20. The Morgan fingerprint density at radius 1 is 1.22 bits per heavy atom. The number of nitro groups is 1. The second kappa shape index (κ2) is 9.44.